The Morgan fingerprint density at radius 3 is 2.11 bits per heavy atom. The highest BCUT2D eigenvalue weighted by molar-refractivity contribution is 5.13. The van der Waals surface area contributed by atoms with Gasteiger partial charge in [0.05, 0.1) is 0 Å². The second-order valence-electron chi connectivity index (χ2n) is 8.63. The van der Waals surface area contributed by atoms with Gasteiger partial charge in [-0.1, -0.05) is 48.5 Å². The molecule has 1 aliphatic heterocycles. The van der Waals surface area contributed by atoms with Crippen molar-refractivity contribution < 1.29 is 0 Å². The Morgan fingerprint density at radius 1 is 1.11 bits per heavy atom. The van der Waals surface area contributed by atoms with Crippen molar-refractivity contribution in [2.24, 2.45) is 22.2 Å². The van der Waals surface area contributed by atoms with E-state index < -0.39 is 0 Å². The fourth-order valence-electron chi connectivity index (χ4n) is 3.60. The van der Waals surface area contributed by atoms with E-state index in [1.165, 1.54) is 19.6 Å². The van der Waals surface area contributed by atoms with E-state index >= 15 is 0 Å². The van der Waals surface area contributed by atoms with Crippen LogP contribution in [0.2, 0.25) is 0 Å². The van der Waals surface area contributed by atoms with Gasteiger partial charge in [0.1, 0.15) is 0 Å². The Bertz CT molecular complexity index is 298. The molecule has 2 fully saturated rings. The van der Waals surface area contributed by atoms with Crippen molar-refractivity contribution in [2.75, 3.05) is 26.2 Å². The van der Waals surface area contributed by atoms with Crippen LogP contribution in [-0.2, 0) is 0 Å². The number of rotatable bonds is 2. The molecule has 18 heavy (non-hydrogen) atoms. The number of nitrogens with zero attached hydrogens (tertiary/aromatic N) is 1. The van der Waals surface area contributed by atoms with Crippen LogP contribution in [0, 0.1) is 22.2 Å². The van der Waals surface area contributed by atoms with Gasteiger partial charge in [-0.25, -0.2) is 0 Å². The Morgan fingerprint density at radius 2 is 1.67 bits per heavy atom. The van der Waals surface area contributed by atoms with Crippen LogP contribution in [0.3, 0.4) is 0 Å². The van der Waals surface area contributed by atoms with E-state index in [0.29, 0.717) is 22.3 Å². The summed E-state index contributed by atoms with van der Waals surface area (Å²) in [6, 6.07) is 0.635. The summed E-state index contributed by atoms with van der Waals surface area (Å²) in [4.78, 5) is 2.69. The summed E-state index contributed by atoms with van der Waals surface area (Å²) in [7, 11) is 0. The maximum absolute atomic E-state index is 3.68. The molecule has 0 amide bonds. The first-order valence-electron chi connectivity index (χ1n) is 7.52. The van der Waals surface area contributed by atoms with E-state index in [0.717, 1.165) is 12.5 Å². The molecule has 2 nitrogen and oxygen atoms in total. The zero-order valence-electron chi connectivity index (χ0n) is 13.4. The van der Waals surface area contributed by atoms with Crippen molar-refractivity contribution in [1.82, 2.24) is 10.2 Å². The van der Waals surface area contributed by atoms with E-state index in [-0.39, 0.29) is 0 Å². The summed E-state index contributed by atoms with van der Waals surface area (Å²) in [6.45, 7) is 21.6. The van der Waals surface area contributed by atoms with Crippen molar-refractivity contribution in [3.8, 4) is 0 Å². The van der Waals surface area contributed by atoms with Crippen LogP contribution in [0.5, 0.6) is 0 Å². The van der Waals surface area contributed by atoms with Gasteiger partial charge in [-0.15, -0.1) is 0 Å². The molecule has 2 heteroatoms. The summed E-state index contributed by atoms with van der Waals surface area (Å²) in [6.07, 6.45) is 0. The highest BCUT2D eigenvalue weighted by Gasteiger charge is 2.64. The second kappa shape index (κ2) is 4.21. The molecule has 1 saturated carbocycles. The highest BCUT2D eigenvalue weighted by atomic mass is 15.2. The lowest BCUT2D eigenvalue weighted by atomic mass is 9.85. The fraction of sp³-hybridized carbons (Fsp3) is 1.00. The minimum absolute atomic E-state index is 0.368. The third-order valence-corrected chi connectivity index (χ3v) is 6.07. The predicted molar refractivity (Wildman–Crippen MR) is 78.7 cm³/mol. The zero-order valence-corrected chi connectivity index (χ0v) is 13.4. The normalized spacial score (nSPS) is 32.5. The molecule has 2 aliphatic rings. The lowest BCUT2D eigenvalue weighted by Gasteiger charge is -2.40. The first-order chi connectivity index (χ1) is 8.07. The van der Waals surface area contributed by atoms with Crippen molar-refractivity contribution in [3.63, 3.8) is 0 Å². The first-order valence-corrected chi connectivity index (χ1v) is 7.52. The third-order valence-electron chi connectivity index (χ3n) is 6.07. The minimum atomic E-state index is 0.368. The monoisotopic (exact) mass is 252 g/mol. The van der Waals surface area contributed by atoms with E-state index in [4.69, 9.17) is 0 Å². The molecule has 1 saturated heterocycles. The number of nitrogens with one attached hydrogen (secondary N) is 1. The largest absolute Gasteiger partial charge is 0.311 e. The molecule has 0 spiro atoms. The average molecular weight is 252 g/mol. The Balaban J connectivity index is 1.92. The second-order valence-corrected chi connectivity index (χ2v) is 8.63. The number of hydrogen-bond acceptors (Lipinski definition) is 2. The van der Waals surface area contributed by atoms with Crippen LogP contribution in [0.25, 0.3) is 0 Å². The van der Waals surface area contributed by atoms with Crippen molar-refractivity contribution in [1.29, 1.82) is 0 Å². The molecule has 1 aliphatic carbocycles. The van der Waals surface area contributed by atoms with E-state index in [2.05, 4.69) is 58.7 Å². The zero-order chi connectivity index (χ0) is 13.8. The number of hydrogen-bond donors (Lipinski definition) is 1. The van der Waals surface area contributed by atoms with E-state index in [1.54, 1.807) is 0 Å². The molecule has 1 N–H and O–H groups in total. The van der Waals surface area contributed by atoms with Gasteiger partial charge in [-0.3, -0.25) is 0 Å². The topological polar surface area (TPSA) is 15.3 Å². The molecular formula is C16H32N2. The van der Waals surface area contributed by atoms with Crippen molar-refractivity contribution >= 4 is 0 Å². The van der Waals surface area contributed by atoms with Gasteiger partial charge in [-0.05, 0) is 22.2 Å². The summed E-state index contributed by atoms with van der Waals surface area (Å²) < 4.78 is 0. The Labute approximate surface area is 114 Å². The van der Waals surface area contributed by atoms with E-state index in [9.17, 15) is 0 Å². The molecule has 0 aromatic heterocycles. The van der Waals surface area contributed by atoms with Gasteiger partial charge in [0, 0.05) is 32.2 Å². The molecule has 0 aromatic carbocycles. The molecule has 0 radical (unpaired) electrons. The third kappa shape index (κ3) is 2.34. The van der Waals surface area contributed by atoms with Crippen LogP contribution in [0.15, 0.2) is 0 Å². The summed E-state index contributed by atoms with van der Waals surface area (Å²) in [5.41, 5.74) is 1.41. The van der Waals surface area contributed by atoms with Gasteiger partial charge in [-0.2, -0.15) is 0 Å². The standard InChI is InChI=1S/C16H32N2/c1-14(2,3)13-11-18(9-8-17-13)10-12-15(4,5)16(12,6)7/h12-13,17H,8-11H2,1-7H3. The smallest absolute Gasteiger partial charge is 0.0244 e. The molecule has 1 unspecified atom stereocenters. The van der Waals surface area contributed by atoms with E-state index in [1.807, 2.05) is 0 Å². The minimum Gasteiger partial charge on any atom is -0.311 e. The predicted octanol–water partition coefficient (Wildman–Crippen LogP) is 2.99. The van der Waals surface area contributed by atoms with Crippen LogP contribution < -0.4 is 5.32 Å². The summed E-state index contributed by atoms with van der Waals surface area (Å²) in [5.74, 6) is 0.865. The molecular weight excluding hydrogens is 220 g/mol. The highest BCUT2D eigenvalue weighted by Crippen LogP contribution is 2.68. The van der Waals surface area contributed by atoms with Gasteiger partial charge in [0.2, 0.25) is 0 Å². The first kappa shape index (κ1) is 14.3. The van der Waals surface area contributed by atoms with Crippen molar-refractivity contribution in [3.05, 3.63) is 0 Å². The Kier molecular flexibility index (Phi) is 3.35. The molecule has 1 atom stereocenters. The lowest BCUT2D eigenvalue weighted by Crippen LogP contribution is -2.56. The summed E-state index contributed by atoms with van der Waals surface area (Å²) >= 11 is 0. The lowest BCUT2D eigenvalue weighted by molar-refractivity contribution is 0.125. The average Bonchev–Trinajstić information content (AvgIpc) is 2.60. The molecule has 1 heterocycles. The van der Waals surface area contributed by atoms with Gasteiger partial charge in [0.15, 0.2) is 0 Å². The quantitative estimate of drug-likeness (QED) is 0.813. The van der Waals surface area contributed by atoms with Crippen LogP contribution in [0.4, 0.5) is 0 Å². The fourth-order valence-corrected chi connectivity index (χ4v) is 3.60. The maximum Gasteiger partial charge on any atom is 0.0244 e. The summed E-state index contributed by atoms with van der Waals surface area (Å²) in [5, 5.41) is 3.68. The molecule has 0 aromatic rings. The molecule has 106 valence electrons. The maximum atomic E-state index is 3.68. The molecule has 0 bridgehead atoms. The van der Waals surface area contributed by atoms with Gasteiger partial charge >= 0.3 is 0 Å². The van der Waals surface area contributed by atoms with Crippen LogP contribution >= 0.6 is 0 Å². The van der Waals surface area contributed by atoms with Gasteiger partial charge in [0.25, 0.3) is 0 Å². The molecule has 2 rings (SSSR count). The SMILES string of the molecule is CC(C)(C)C1CN(CC2C(C)(C)C2(C)C)CCN1. The number of piperazine rings is 1. The van der Waals surface area contributed by atoms with Crippen LogP contribution in [0.1, 0.15) is 48.5 Å². The van der Waals surface area contributed by atoms with Gasteiger partial charge < -0.3 is 10.2 Å². The van der Waals surface area contributed by atoms with Crippen LogP contribution in [-0.4, -0.2) is 37.1 Å². The van der Waals surface area contributed by atoms with Crippen molar-refractivity contribution in [2.45, 2.75) is 54.5 Å². The Hall–Kier alpha value is -0.0800.